The van der Waals surface area contributed by atoms with Gasteiger partial charge in [-0.15, -0.1) is 0 Å². The Kier molecular flexibility index (Phi) is 8.63. The van der Waals surface area contributed by atoms with Crippen molar-refractivity contribution in [1.29, 1.82) is 0 Å². The minimum Gasteiger partial charge on any atom is -0.494 e. The molecule has 0 radical (unpaired) electrons. The molecule has 9 nitrogen and oxygen atoms in total. The van der Waals surface area contributed by atoms with Crippen LogP contribution in [0, 0.1) is 0 Å². The number of halogens is 1. The van der Waals surface area contributed by atoms with Gasteiger partial charge in [0.1, 0.15) is 11.3 Å². The van der Waals surface area contributed by atoms with Crippen molar-refractivity contribution in [3.8, 4) is 5.75 Å². The topological polar surface area (TPSA) is 107 Å². The summed E-state index contributed by atoms with van der Waals surface area (Å²) in [6.07, 6.45) is 0. The number of hydrogen-bond donors (Lipinski definition) is 1. The fourth-order valence-corrected chi connectivity index (χ4v) is 5.56. The van der Waals surface area contributed by atoms with E-state index in [1.54, 1.807) is 12.1 Å². The molecule has 0 spiro atoms. The van der Waals surface area contributed by atoms with Crippen LogP contribution in [0.1, 0.15) is 10.4 Å². The number of amides is 1. The van der Waals surface area contributed by atoms with E-state index in [0.29, 0.717) is 26.1 Å². The smallest absolute Gasteiger partial charge is 0.257 e. The molecule has 3 rings (SSSR count). The highest BCUT2D eigenvalue weighted by Gasteiger charge is 2.24. The Labute approximate surface area is 201 Å². The lowest BCUT2D eigenvalue weighted by Crippen LogP contribution is -2.36. The van der Waals surface area contributed by atoms with Gasteiger partial charge in [-0.1, -0.05) is 22.9 Å². The molecule has 3 aromatic rings. The number of sulfonamides is 1. The van der Waals surface area contributed by atoms with Gasteiger partial charge >= 0.3 is 0 Å². The highest BCUT2D eigenvalue weighted by Crippen LogP contribution is 2.37. The van der Waals surface area contributed by atoms with Gasteiger partial charge in [0.15, 0.2) is 5.13 Å². The molecule has 0 aliphatic carbocycles. The minimum atomic E-state index is -3.77. The summed E-state index contributed by atoms with van der Waals surface area (Å²) in [6, 6.07) is 9.11. The predicted octanol–water partition coefficient (Wildman–Crippen LogP) is 3.49. The van der Waals surface area contributed by atoms with E-state index >= 15 is 0 Å². The lowest BCUT2D eigenvalue weighted by Gasteiger charge is -2.21. The second-order valence-electron chi connectivity index (χ2n) is 6.81. The predicted molar refractivity (Wildman–Crippen MR) is 128 cm³/mol. The van der Waals surface area contributed by atoms with Gasteiger partial charge in [-0.3, -0.25) is 10.1 Å². The number of anilines is 1. The zero-order chi connectivity index (χ0) is 24.0. The zero-order valence-electron chi connectivity index (χ0n) is 18.3. The van der Waals surface area contributed by atoms with Gasteiger partial charge in [0.05, 0.1) is 34.9 Å². The first kappa shape index (κ1) is 25.3. The summed E-state index contributed by atoms with van der Waals surface area (Å²) in [5.41, 5.74) is 0.838. The van der Waals surface area contributed by atoms with Gasteiger partial charge in [0, 0.05) is 32.9 Å². The number of benzene rings is 2. The van der Waals surface area contributed by atoms with E-state index in [0.717, 1.165) is 0 Å². The van der Waals surface area contributed by atoms with Gasteiger partial charge in [0.2, 0.25) is 10.0 Å². The van der Waals surface area contributed by atoms with Crippen molar-refractivity contribution < 1.29 is 27.4 Å². The third-order valence-corrected chi connectivity index (χ3v) is 8.09. The number of nitrogens with zero attached hydrogens (tertiary/aromatic N) is 2. The largest absolute Gasteiger partial charge is 0.494 e. The van der Waals surface area contributed by atoms with Crippen LogP contribution >= 0.6 is 22.9 Å². The number of methoxy groups -OCH3 is 3. The Morgan fingerprint density at radius 2 is 1.70 bits per heavy atom. The molecule has 1 aromatic heterocycles. The number of carbonyl (C=O) groups excluding carboxylic acids is 1. The normalized spacial score (nSPS) is 11.8. The van der Waals surface area contributed by atoms with E-state index in [1.807, 2.05) is 0 Å². The first-order valence-electron chi connectivity index (χ1n) is 9.84. The van der Waals surface area contributed by atoms with Crippen molar-refractivity contribution in [1.82, 2.24) is 9.29 Å². The number of thiazole rings is 1. The summed E-state index contributed by atoms with van der Waals surface area (Å²) in [7, 11) is 0.763. The molecule has 0 fully saturated rings. The van der Waals surface area contributed by atoms with Crippen LogP contribution in [0.2, 0.25) is 5.02 Å². The van der Waals surface area contributed by atoms with Gasteiger partial charge in [-0.2, -0.15) is 4.31 Å². The van der Waals surface area contributed by atoms with Crippen molar-refractivity contribution in [2.24, 2.45) is 0 Å². The van der Waals surface area contributed by atoms with Crippen LogP contribution in [0.25, 0.3) is 10.2 Å². The lowest BCUT2D eigenvalue weighted by molar-refractivity contribution is 0.102. The number of nitrogens with one attached hydrogen (secondary N) is 1. The molecule has 33 heavy (non-hydrogen) atoms. The van der Waals surface area contributed by atoms with E-state index in [-0.39, 0.29) is 36.8 Å². The number of carbonyl (C=O) groups is 1. The summed E-state index contributed by atoms with van der Waals surface area (Å²) in [5, 5.41) is 3.58. The third-order valence-electron chi connectivity index (χ3n) is 4.74. The second kappa shape index (κ2) is 11.2. The van der Waals surface area contributed by atoms with E-state index < -0.39 is 15.9 Å². The van der Waals surface area contributed by atoms with Gasteiger partial charge in [0.25, 0.3) is 5.91 Å². The fourth-order valence-electron chi connectivity index (χ4n) is 3.01. The Balaban J connectivity index is 1.78. The van der Waals surface area contributed by atoms with Crippen LogP contribution in [0.3, 0.4) is 0 Å². The molecule has 12 heteroatoms. The molecule has 1 amide bonds. The molecule has 0 atom stereocenters. The van der Waals surface area contributed by atoms with Crippen molar-refractivity contribution in [3.63, 3.8) is 0 Å². The number of aromatic nitrogens is 1. The number of ether oxygens (including phenoxy) is 3. The first-order chi connectivity index (χ1) is 15.8. The third kappa shape index (κ3) is 5.81. The lowest BCUT2D eigenvalue weighted by atomic mass is 10.2. The molecule has 0 aliphatic rings. The van der Waals surface area contributed by atoms with E-state index in [4.69, 9.17) is 25.8 Å². The molecule has 0 saturated heterocycles. The Hall–Kier alpha value is -2.28. The molecule has 0 saturated carbocycles. The van der Waals surface area contributed by atoms with Crippen LogP contribution in [0.15, 0.2) is 41.3 Å². The van der Waals surface area contributed by atoms with Crippen LogP contribution in [-0.2, 0) is 19.5 Å². The summed E-state index contributed by atoms with van der Waals surface area (Å²) in [5.74, 6) is 0.121. The summed E-state index contributed by atoms with van der Waals surface area (Å²) < 4.78 is 43.3. The molecule has 0 unspecified atom stereocenters. The van der Waals surface area contributed by atoms with Gasteiger partial charge in [-0.05, 0) is 36.4 Å². The molecule has 178 valence electrons. The summed E-state index contributed by atoms with van der Waals surface area (Å²) >= 11 is 7.45. The number of hydrogen-bond acceptors (Lipinski definition) is 8. The first-order valence-corrected chi connectivity index (χ1v) is 12.5. The molecule has 0 aliphatic heterocycles. The molecular formula is C21H24ClN3O6S2. The molecule has 0 bridgehead atoms. The number of fused-ring (bicyclic) bond motifs is 1. The summed E-state index contributed by atoms with van der Waals surface area (Å²) in [4.78, 5) is 17.2. The maximum atomic E-state index is 13.0. The number of rotatable bonds is 11. The Bertz CT molecular complexity index is 1210. The average molecular weight is 514 g/mol. The molecule has 2 aromatic carbocycles. The van der Waals surface area contributed by atoms with Crippen molar-refractivity contribution in [3.05, 3.63) is 47.0 Å². The van der Waals surface area contributed by atoms with Crippen LogP contribution < -0.4 is 10.1 Å². The average Bonchev–Trinajstić information content (AvgIpc) is 3.24. The van der Waals surface area contributed by atoms with Crippen LogP contribution in [0.4, 0.5) is 5.13 Å². The van der Waals surface area contributed by atoms with E-state index in [2.05, 4.69) is 10.3 Å². The molecular weight excluding hydrogens is 490 g/mol. The summed E-state index contributed by atoms with van der Waals surface area (Å²) in [6.45, 7) is 0.878. The van der Waals surface area contributed by atoms with Crippen molar-refractivity contribution in [2.45, 2.75) is 4.90 Å². The monoisotopic (exact) mass is 513 g/mol. The zero-order valence-corrected chi connectivity index (χ0v) is 20.7. The minimum absolute atomic E-state index is 0.0720. The standard InChI is InChI=1S/C21H24ClN3O6S2/c1-29-12-10-25(11-13-30-2)33(27,28)15-6-4-14(5-7-15)20(26)24-21-23-18-17(31-3)9-8-16(22)19(18)32-21/h4-9H,10-13H2,1-3H3,(H,23,24,26). The van der Waals surface area contributed by atoms with E-state index in [9.17, 15) is 13.2 Å². The van der Waals surface area contributed by atoms with Crippen molar-refractivity contribution in [2.75, 3.05) is 52.9 Å². The van der Waals surface area contributed by atoms with Gasteiger partial charge < -0.3 is 14.2 Å². The van der Waals surface area contributed by atoms with Crippen LogP contribution in [-0.4, -0.2) is 71.2 Å². The molecule has 1 N–H and O–H groups in total. The Morgan fingerprint density at radius 3 is 2.27 bits per heavy atom. The fraction of sp³-hybridized carbons (Fsp3) is 0.333. The van der Waals surface area contributed by atoms with Gasteiger partial charge in [-0.25, -0.2) is 13.4 Å². The molecule has 1 heterocycles. The maximum Gasteiger partial charge on any atom is 0.257 e. The van der Waals surface area contributed by atoms with Crippen molar-refractivity contribution >= 4 is 54.2 Å². The maximum absolute atomic E-state index is 13.0. The quantitative estimate of drug-likeness (QED) is 0.418. The SMILES string of the molecule is COCCN(CCOC)S(=O)(=O)c1ccc(C(=O)Nc2nc3c(OC)ccc(Cl)c3s2)cc1. The Morgan fingerprint density at radius 1 is 1.06 bits per heavy atom. The second-order valence-corrected chi connectivity index (χ2v) is 10.2. The highest BCUT2D eigenvalue weighted by atomic mass is 35.5. The van der Waals surface area contributed by atoms with Crippen LogP contribution in [0.5, 0.6) is 5.75 Å². The highest BCUT2D eigenvalue weighted by molar-refractivity contribution is 7.89. The van der Waals surface area contributed by atoms with E-state index in [1.165, 1.54) is 61.2 Å².